The van der Waals surface area contributed by atoms with Crippen molar-refractivity contribution in [1.29, 1.82) is 0 Å². The van der Waals surface area contributed by atoms with Crippen molar-refractivity contribution < 1.29 is 4.39 Å². The number of nitrogens with one attached hydrogen (secondary N) is 1. The maximum atomic E-state index is 12.9. The van der Waals surface area contributed by atoms with Crippen molar-refractivity contribution in [2.45, 2.75) is 0 Å². The van der Waals surface area contributed by atoms with Crippen LogP contribution in [-0.4, -0.2) is 9.78 Å². The summed E-state index contributed by atoms with van der Waals surface area (Å²) in [5.41, 5.74) is 2.78. The highest BCUT2D eigenvalue weighted by atomic mass is 79.9. The lowest BCUT2D eigenvalue weighted by atomic mass is 10.2. The molecule has 0 unspecified atom stereocenters. The fraction of sp³-hybridized carbons (Fsp3) is 0. The van der Waals surface area contributed by atoms with Gasteiger partial charge in [0.05, 0.1) is 17.4 Å². The first-order valence-corrected chi connectivity index (χ1v) is 6.17. The summed E-state index contributed by atoms with van der Waals surface area (Å²) in [6.45, 7) is 0. The Balaban J connectivity index is 2.15. The Morgan fingerprint density at radius 1 is 1.11 bits per heavy atom. The quantitative estimate of drug-likeness (QED) is 0.728. The van der Waals surface area contributed by atoms with Crippen LogP contribution in [0.25, 0.3) is 16.6 Å². The summed E-state index contributed by atoms with van der Waals surface area (Å²) in [7, 11) is 0. The maximum absolute atomic E-state index is 12.9. The smallest absolute Gasteiger partial charge is 0.123 e. The number of anilines is 1. The molecule has 18 heavy (non-hydrogen) atoms. The second kappa shape index (κ2) is 4.42. The van der Waals surface area contributed by atoms with Gasteiger partial charge in [0.15, 0.2) is 0 Å². The zero-order valence-corrected chi connectivity index (χ0v) is 10.9. The van der Waals surface area contributed by atoms with Crippen LogP contribution in [0.15, 0.2) is 48.7 Å². The van der Waals surface area contributed by atoms with E-state index in [-0.39, 0.29) is 5.82 Å². The van der Waals surface area contributed by atoms with Crippen LogP contribution in [-0.2, 0) is 0 Å². The lowest BCUT2D eigenvalue weighted by Gasteiger charge is -2.04. The Labute approximate surface area is 112 Å². The van der Waals surface area contributed by atoms with Gasteiger partial charge in [-0.05, 0) is 42.5 Å². The van der Waals surface area contributed by atoms with Crippen LogP contribution in [0.3, 0.4) is 0 Å². The third kappa shape index (κ3) is 1.86. The van der Waals surface area contributed by atoms with Crippen molar-refractivity contribution in [2.75, 3.05) is 4.34 Å². The van der Waals surface area contributed by atoms with Gasteiger partial charge in [0.1, 0.15) is 5.82 Å². The van der Waals surface area contributed by atoms with Crippen LogP contribution >= 0.6 is 16.1 Å². The standard InChI is InChI=1S/C13H9BrFN3/c14-17-11-3-6-13-9(7-11)8-16-18(13)12-4-1-10(15)2-5-12/h1-8,17H. The van der Waals surface area contributed by atoms with Crippen molar-refractivity contribution >= 4 is 32.7 Å². The Bertz CT molecular complexity index is 691. The number of rotatable bonds is 2. The third-order valence-corrected chi connectivity index (χ3v) is 3.21. The molecular weight excluding hydrogens is 297 g/mol. The summed E-state index contributed by atoms with van der Waals surface area (Å²) in [4.78, 5) is 0. The number of hydrogen-bond acceptors (Lipinski definition) is 2. The summed E-state index contributed by atoms with van der Waals surface area (Å²) >= 11 is 3.18. The summed E-state index contributed by atoms with van der Waals surface area (Å²) < 4.78 is 17.6. The molecule has 0 amide bonds. The van der Waals surface area contributed by atoms with Crippen LogP contribution in [0, 0.1) is 5.82 Å². The first-order chi connectivity index (χ1) is 8.78. The molecule has 1 N–H and O–H groups in total. The highest BCUT2D eigenvalue weighted by molar-refractivity contribution is 9.10. The van der Waals surface area contributed by atoms with E-state index in [1.54, 1.807) is 23.0 Å². The van der Waals surface area contributed by atoms with E-state index in [2.05, 4.69) is 25.6 Å². The van der Waals surface area contributed by atoms with Crippen LogP contribution in [0.1, 0.15) is 0 Å². The van der Waals surface area contributed by atoms with Crippen LogP contribution in [0.5, 0.6) is 0 Å². The molecule has 3 aromatic rings. The third-order valence-electron chi connectivity index (χ3n) is 2.75. The minimum absolute atomic E-state index is 0.249. The second-order valence-electron chi connectivity index (χ2n) is 3.90. The summed E-state index contributed by atoms with van der Waals surface area (Å²) in [6.07, 6.45) is 1.78. The van der Waals surface area contributed by atoms with Crippen molar-refractivity contribution in [2.24, 2.45) is 0 Å². The van der Waals surface area contributed by atoms with E-state index >= 15 is 0 Å². The first-order valence-electron chi connectivity index (χ1n) is 5.38. The highest BCUT2D eigenvalue weighted by Crippen LogP contribution is 2.22. The van der Waals surface area contributed by atoms with Gasteiger partial charge in [0.2, 0.25) is 0 Å². The monoisotopic (exact) mass is 305 g/mol. The van der Waals surface area contributed by atoms with E-state index in [1.165, 1.54) is 12.1 Å². The summed E-state index contributed by atoms with van der Waals surface area (Å²) in [5, 5.41) is 5.34. The number of aromatic nitrogens is 2. The van der Waals surface area contributed by atoms with Gasteiger partial charge in [-0.25, -0.2) is 9.07 Å². The van der Waals surface area contributed by atoms with Gasteiger partial charge in [-0.15, -0.1) is 0 Å². The molecule has 0 saturated heterocycles. The van der Waals surface area contributed by atoms with Gasteiger partial charge < -0.3 is 4.34 Å². The maximum Gasteiger partial charge on any atom is 0.123 e. The fourth-order valence-corrected chi connectivity index (χ4v) is 2.13. The molecule has 0 atom stereocenters. The Morgan fingerprint density at radius 2 is 1.89 bits per heavy atom. The van der Waals surface area contributed by atoms with Crippen molar-refractivity contribution in [3.05, 3.63) is 54.5 Å². The molecule has 3 nitrogen and oxygen atoms in total. The van der Waals surface area contributed by atoms with Gasteiger partial charge in [0.25, 0.3) is 0 Å². The predicted molar refractivity (Wildman–Crippen MR) is 73.6 cm³/mol. The molecule has 2 aromatic carbocycles. The van der Waals surface area contributed by atoms with Crippen LogP contribution in [0.4, 0.5) is 10.1 Å². The van der Waals surface area contributed by atoms with Gasteiger partial charge in [-0.2, -0.15) is 5.10 Å². The average molecular weight is 306 g/mol. The SMILES string of the molecule is Fc1ccc(-n2ncc3cc(NBr)ccc32)cc1. The summed E-state index contributed by atoms with van der Waals surface area (Å²) in [5.74, 6) is -0.249. The summed E-state index contributed by atoms with van der Waals surface area (Å²) in [6, 6.07) is 12.2. The number of benzene rings is 2. The Hall–Kier alpha value is -1.88. The predicted octanol–water partition coefficient (Wildman–Crippen LogP) is 3.89. The molecule has 0 aliphatic carbocycles. The van der Waals surface area contributed by atoms with Crippen molar-refractivity contribution in [1.82, 2.24) is 9.78 Å². The zero-order valence-electron chi connectivity index (χ0n) is 9.27. The molecule has 0 aliphatic rings. The molecule has 0 radical (unpaired) electrons. The minimum Gasteiger partial charge on any atom is -0.322 e. The molecule has 1 heterocycles. The van der Waals surface area contributed by atoms with Gasteiger partial charge >= 0.3 is 0 Å². The van der Waals surface area contributed by atoms with E-state index in [4.69, 9.17) is 0 Å². The first kappa shape index (κ1) is 11.2. The molecule has 1 aromatic heterocycles. The molecule has 0 bridgehead atoms. The molecule has 90 valence electrons. The zero-order chi connectivity index (χ0) is 12.5. The topological polar surface area (TPSA) is 29.9 Å². The second-order valence-corrected chi connectivity index (χ2v) is 4.30. The lowest BCUT2D eigenvalue weighted by molar-refractivity contribution is 0.627. The van der Waals surface area contributed by atoms with Crippen molar-refractivity contribution in [3.8, 4) is 5.69 Å². The Morgan fingerprint density at radius 3 is 2.61 bits per heavy atom. The van der Waals surface area contributed by atoms with E-state index in [0.29, 0.717) is 0 Å². The average Bonchev–Trinajstić information content (AvgIpc) is 2.82. The fourth-order valence-electron chi connectivity index (χ4n) is 1.88. The molecule has 0 aliphatic heterocycles. The van der Waals surface area contributed by atoms with Gasteiger partial charge in [0, 0.05) is 27.2 Å². The minimum atomic E-state index is -0.249. The normalized spacial score (nSPS) is 10.8. The van der Waals surface area contributed by atoms with Crippen LogP contribution in [0.2, 0.25) is 0 Å². The van der Waals surface area contributed by atoms with E-state index in [1.807, 2.05) is 18.2 Å². The van der Waals surface area contributed by atoms with Crippen molar-refractivity contribution in [3.63, 3.8) is 0 Å². The number of halogens is 2. The van der Waals surface area contributed by atoms with Gasteiger partial charge in [-0.3, -0.25) is 0 Å². The molecule has 5 heteroatoms. The largest absolute Gasteiger partial charge is 0.322 e. The molecule has 0 fully saturated rings. The van der Waals surface area contributed by atoms with E-state index in [0.717, 1.165) is 22.3 Å². The molecular formula is C13H9BrFN3. The number of hydrogen-bond donors (Lipinski definition) is 1. The molecule has 3 rings (SSSR count). The highest BCUT2D eigenvalue weighted by Gasteiger charge is 2.05. The Kier molecular flexibility index (Phi) is 2.76. The molecule has 0 saturated carbocycles. The van der Waals surface area contributed by atoms with E-state index < -0.39 is 0 Å². The van der Waals surface area contributed by atoms with Crippen LogP contribution < -0.4 is 4.34 Å². The number of nitrogens with zero attached hydrogens (tertiary/aromatic N) is 2. The molecule has 0 spiro atoms. The van der Waals surface area contributed by atoms with E-state index in [9.17, 15) is 4.39 Å². The number of fused-ring (bicyclic) bond motifs is 1. The lowest BCUT2D eigenvalue weighted by Crippen LogP contribution is -1.95. The van der Waals surface area contributed by atoms with Gasteiger partial charge in [-0.1, -0.05) is 0 Å².